The van der Waals surface area contributed by atoms with Gasteiger partial charge in [0.25, 0.3) is 0 Å². The van der Waals surface area contributed by atoms with Gasteiger partial charge >= 0.3 is 0 Å². The van der Waals surface area contributed by atoms with Gasteiger partial charge in [0.15, 0.2) is 0 Å². The summed E-state index contributed by atoms with van der Waals surface area (Å²) in [6.45, 7) is 12.2. The molecule has 0 aromatic carbocycles. The molecule has 0 amide bonds. The fourth-order valence-corrected chi connectivity index (χ4v) is 3.31. The van der Waals surface area contributed by atoms with Crippen LogP contribution in [-0.2, 0) is 13.0 Å². The molecule has 0 spiro atoms. The van der Waals surface area contributed by atoms with Gasteiger partial charge in [-0.3, -0.25) is 4.90 Å². The Morgan fingerprint density at radius 1 is 1.33 bits per heavy atom. The number of nitrogens with two attached hydrogens (primary N) is 1. The first-order valence-electron chi connectivity index (χ1n) is 8.34. The minimum atomic E-state index is 0.0606. The van der Waals surface area contributed by atoms with Crippen molar-refractivity contribution < 1.29 is 0 Å². The van der Waals surface area contributed by atoms with Gasteiger partial charge in [0, 0.05) is 24.5 Å². The van der Waals surface area contributed by atoms with Crippen LogP contribution in [0.2, 0.25) is 0 Å². The monoisotopic (exact) mass is 293 g/mol. The van der Waals surface area contributed by atoms with Crippen molar-refractivity contribution >= 4 is 0 Å². The first-order chi connectivity index (χ1) is 9.97. The molecule has 1 aromatic heterocycles. The van der Waals surface area contributed by atoms with E-state index in [1.54, 1.807) is 6.33 Å². The number of nitrogens with zero attached hydrogens (tertiary/aromatic N) is 4. The van der Waals surface area contributed by atoms with Crippen LogP contribution in [0.5, 0.6) is 0 Å². The van der Waals surface area contributed by atoms with Gasteiger partial charge in [-0.2, -0.15) is 5.10 Å². The van der Waals surface area contributed by atoms with E-state index in [0.29, 0.717) is 5.92 Å². The van der Waals surface area contributed by atoms with Crippen molar-refractivity contribution in [3.05, 3.63) is 12.2 Å². The number of likely N-dealkylation sites (tertiary alicyclic amines) is 1. The fraction of sp³-hybridized carbons (Fsp3) is 0.875. The van der Waals surface area contributed by atoms with Gasteiger partial charge in [0.05, 0.1) is 0 Å². The van der Waals surface area contributed by atoms with Crippen molar-refractivity contribution in [2.45, 2.75) is 71.5 Å². The number of hydrogen-bond acceptors (Lipinski definition) is 4. The number of rotatable bonds is 7. The Balaban J connectivity index is 2.08. The topological polar surface area (TPSA) is 60.0 Å². The number of hydrogen-bond donors (Lipinski definition) is 1. The van der Waals surface area contributed by atoms with Crippen molar-refractivity contribution in [1.29, 1.82) is 0 Å². The van der Waals surface area contributed by atoms with Crippen LogP contribution in [0, 0.1) is 5.92 Å². The summed E-state index contributed by atoms with van der Waals surface area (Å²) < 4.78 is 2.02. The summed E-state index contributed by atoms with van der Waals surface area (Å²) in [5.74, 6) is 1.59. The van der Waals surface area contributed by atoms with Gasteiger partial charge in [-0.15, -0.1) is 0 Å². The first kappa shape index (κ1) is 16.4. The standard InChI is InChI=1S/C16H31N5/c1-5-16(4,20-8-6-7-9-20)14(17)10-15-18-12-19-21(15)11-13(2)3/h12-14H,5-11,17H2,1-4H3. The Morgan fingerprint density at radius 3 is 2.57 bits per heavy atom. The molecule has 2 atom stereocenters. The van der Waals surface area contributed by atoms with Gasteiger partial charge in [0.1, 0.15) is 12.2 Å². The molecule has 1 aromatic rings. The molecule has 1 fully saturated rings. The molecule has 1 aliphatic heterocycles. The maximum Gasteiger partial charge on any atom is 0.138 e. The van der Waals surface area contributed by atoms with Crippen LogP contribution >= 0.6 is 0 Å². The van der Waals surface area contributed by atoms with Gasteiger partial charge in [-0.05, 0) is 45.2 Å². The van der Waals surface area contributed by atoms with E-state index in [1.165, 1.54) is 25.9 Å². The molecule has 1 saturated heterocycles. The van der Waals surface area contributed by atoms with E-state index >= 15 is 0 Å². The summed E-state index contributed by atoms with van der Waals surface area (Å²) in [7, 11) is 0. The summed E-state index contributed by atoms with van der Waals surface area (Å²) in [4.78, 5) is 7.01. The quantitative estimate of drug-likeness (QED) is 0.836. The van der Waals surface area contributed by atoms with Crippen LogP contribution in [0.25, 0.3) is 0 Å². The third-order valence-corrected chi connectivity index (χ3v) is 4.98. The molecule has 1 aliphatic rings. The van der Waals surface area contributed by atoms with Crippen LogP contribution < -0.4 is 5.73 Å². The molecule has 21 heavy (non-hydrogen) atoms. The minimum absolute atomic E-state index is 0.0606. The van der Waals surface area contributed by atoms with Crippen molar-refractivity contribution in [2.24, 2.45) is 11.7 Å². The fourth-order valence-electron chi connectivity index (χ4n) is 3.31. The highest BCUT2D eigenvalue weighted by Gasteiger charge is 2.38. The lowest BCUT2D eigenvalue weighted by molar-refractivity contribution is 0.0985. The lowest BCUT2D eigenvalue weighted by Gasteiger charge is -2.42. The van der Waals surface area contributed by atoms with Crippen molar-refractivity contribution in [3.63, 3.8) is 0 Å². The Morgan fingerprint density at radius 2 is 2.00 bits per heavy atom. The molecular formula is C16H31N5. The second kappa shape index (κ2) is 6.88. The average molecular weight is 293 g/mol. The van der Waals surface area contributed by atoms with E-state index in [1.807, 2.05) is 4.68 Å². The zero-order valence-electron chi connectivity index (χ0n) is 14.0. The summed E-state index contributed by atoms with van der Waals surface area (Å²) in [5.41, 5.74) is 6.67. The Kier molecular flexibility index (Phi) is 5.38. The largest absolute Gasteiger partial charge is 0.326 e. The van der Waals surface area contributed by atoms with Crippen LogP contribution in [0.1, 0.15) is 52.8 Å². The van der Waals surface area contributed by atoms with Crippen LogP contribution in [0.3, 0.4) is 0 Å². The highest BCUT2D eigenvalue weighted by Crippen LogP contribution is 2.28. The molecule has 0 radical (unpaired) electrons. The molecule has 0 bridgehead atoms. The van der Waals surface area contributed by atoms with E-state index in [9.17, 15) is 0 Å². The van der Waals surface area contributed by atoms with Gasteiger partial charge in [-0.25, -0.2) is 9.67 Å². The summed E-state index contributed by atoms with van der Waals surface area (Å²) >= 11 is 0. The molecular weight excluding hydrogens is 262 g/mol. The molecule has 2 rings (SSSR count). The highest BCUT2D eigenvalue weighted by molar-refractivity contribution is 5.01. The molecule has 0 aliphatic carbocycles. The Bertz CT molecular complexity index is 436. The zero-order chi connectivity index (χ0) is 15.5. The molecule has 120 valence electrons. The molecule has 0 saturated carbocycles. The predicted octanol–water partition coefficient (Wildman–Crippen LogP) is 2.07. The van der Waals surface area contributed by atoms with Crippen LogP contribution in [0.15, 0.2) is 6.33 Å². The Hall–Kier alpha value is -0.940. The lowest BCUT2D eigenvalue weighted by Crippen LogP contribution is -2.57. The van der Waals surface area contributed by atoms with Crippen LogP contribution in [0.4, 0.5) is 0 Å². The van der Waals surface area contributed by atoms with E-state index in [2.05, 4.69) is 42.7 Å². The second-order valence-corrected chi connectivity index (χ2v) is 6.97. The van der Waals surface area contributed by atoms with E-state index in [0.717, 1.165) is 25.2 Å². The van der Waals surface area contributed by atoms with Crippen molar-refractivity contribution in [3.8, 4) is 0 Å². The normalized spacial score (nSPS) is 20.9. The van der Waals surface area contributed by atoms with Gasteiger partial charge in [0.2, 0.25) is 0 Å². The van der Waals surface area contributed by atoms with E-state index in [-0.39, 0.29) is 11.6 Å². The molecule has 2 N–H and O–H groups in total. The molecule has 2 heterocycles. The van der Waals surface area contributed by atoms with E-state index < -0.39 is 0 Å². The van der Waals surface area contributed by atoms with Crippen molar-refractivity contribution in [1.82, 2.24) is 19.7 Å². The summed E-state index contributed by atoms with van der Waals surface area (Å²) in [6, 6.07) is 0.0933. The van der Waals surface area contributed by atoms with Gasteiger partial charge in [-0.1, -0.05) is 20.8 Å². The summed E-state index contributed by atoms with van der Waals surface area (Å²) in [6.07, 6.45) is 6.13. The van der Waals surface area contributed by atoms with Crippen LogP contribution in [-0.4, -0.2) is 44.3 Å². The summed E-state index contributed by atoms with van der Waals surface area (Å²) in [5, 5.41) is 4.35. The average Bonchev–Trinajstić information content (AvgIpc) is 3.10. The molecule has 5 nitrogen and oxygen atoms in total. The third kappa shape index (κ3) is 3.64. The molecule has 5 heteroatoms. The SMILES string of the molecule is CCC(C)(C(N)Cc1ncnn1CC(C)C)N1CCCC1. The lowest BCUT2D eigenvalue weighted by atomic mass is 9.86. The minimum Gasteiger partial charge on any atom is -0.326 e. The predicted molar refractivity (Wildman–Crippen MR) is 86.0 cm³/mol. The third-order valence-electron chi connectivity index (χ3n) is 4.98. The maximum absolute atomic E-state index is 6.61. The second-order valence-electron chi connectivity index (χ2n) is 6.97. The Labute approximate surface area is 128 Å². The smallest absolute Gasteiger partial charge is 0.138 e. The molecule has 2 unspecified atom stereocenters. The van der Waals surface area contributed by atoms with Gasteiger partial charge < -0.3 is 5.73 Å². The van der Waals surface area contributed by atoms with E-state index in [4.69, 9.17) is 5.73 Å². The van der Waals surface area contributed by atoms with Crippen molar-refractivity contribution in [2.75, 3.05) is 13.1 Å². The zero-order valence-corrected chi connectivity index (χ0v) is 14.0. The highest BCUT2D eigenvalue weighted by atomic mass is 15.3. The first-order valence-corrected chi connectivity index (χ1v) is 8.34. The maximum atomic E-state index is 6.61. The number of aromatic nitrogens is 3.